The predicted octanol–water partition coefficient (Wildman–Crippen LogP) is -7.49. The zero-order chi connectivity index (χ0) is 4.50. The van der Waals surface area contributed by atoms with E-state index in [1.807, 2.05) is 0 Å². The molecule has 0 fully saturated rings. The molecule has 14 N–H and O–H groups in total. The van der Waals surface area contributed by atoms with Gasteiger partial charge in [-0.25, -0.2) is 0 Å². The Morgan fingerprint density at radius 1 is 0.643 bits per heavy atom. The predicted molar refractivity (Wildman–Crippen MR) is 41.5 cm³/mol. The van der Waals surface area contributed by atoms with Gasteiger partial charge < -0.3 is 47.4 Å². The second-order valence-corrected chi connectivity index (χ2v) is 1.22. The smallest absolute Gasteiger partial charge is 0.759 e. The molecule has 0 aromatic rings. The second-order valence-electron chi connectivity index (χ2n) is 0.408. The molecule has 0 spiro atoms. The summed E-state index contributed by atoms with van der Waals surface area (Å²) in [6, 6.07) is 0. The van der Waals surface area contributed by atoms with Crippen molar-refractivity contribution in [1.29, 1.82) is 0 Å². The molecule has 0 aliphatic rings. The van der Waals surface area contributed by atoms with E-state index in [1.54, 1.807) is 0 Å². The van der Waals surface area contributed by atoms with E-state index in [0.717, 1.165) is 0 Å². The molecule has 0 aliphatic heterocycles. The van der Waals surface area contributed by atoms with E-state index in [2.05, 4.69) is 0 Å². The van der Waals surface area contributed by atoms with Crippen molar-refractivity contribution < 1.29 is 72.9 Å². The van der Waals surface area contributed by atoms with Gasteiger partial charge in [0.2, 0.25) is 0 Å². The topological polar surface area (TPSA) is 301 Å². The Hall–Kier alpha value is 0.876. The quantitative estimate of drug-likeness (QED) is 0.239. The summed E-state index contributed by atoms with van der Waals surface area (Å²) in [5.41, 5.74) is 0. The first-order valence-electron chi connectivity index (χ1n) is 0.667. The fraction of sp³-hybridized carbons (Fsp3) is 0. The molecule has 0 saturated carbocycles. The van der Waals surface area contributed by atoms with Crippen molar-refractivity contribution in [2.75, 3.05) is 0 Å². The molecular weight excluding hydrogens is 288 g/mol. The Kier molecular flexibility index (Phi) is 419. The van der Waals surface area contributed by atoms with Crippen LogP contribution in [0.25, 0.3) is 0 Å². The van der Waals surface area contributed by atoms with E-state index in [9.17, 15) is 0 Å². The Morgan fingerprint density at radius 2 is 0.643 bits per heavy atom. The Bertz CT molecular complexity index is 98.5. The summed E-state index contributed by atoms with van der Waals surface area (Å²) in [6.07, 6.45) is 0. The van der Waals surface area contributed by atoms with Crippen LogP contribution in [0.4, 0.5) is 0 Å². The normalized spacial score (nSPS) is 4.14. The summed E-state index contributed by atoms with van der Waals surface area (Å²) in [4.78, 5) is 0. The molecule has 0 atom stereocenters. The average Bonchev–Trinajstić information content (AvgIpc) is 0.722. The van der Waals surface area contributed by atoms with Crippen molar-refractivity contribution in [3.8, 4) is 0 Å². The molecule has 11 nitrogen and oxygen atoms in total. The summed E-state index contributed by atoms with van der Waals surface area (Å²) in [5, 5.41) is 0. The van der Waals surface area contributed by atoms with Crippen molar-refractivity contribution in [3.63, 3.8) is 0 Å². The minimum absolute atomic E-state index is 0. The third kappa shape index (κ3) is 2370. The summed E-state index contributed by atoms with van der Waals surface area (Å²) in [6.45, 7) is 0. The molecule has 0 amide bonds. The Morgan fingerprint density at radius 3 is 0.643 bits per heavy atom. The summed E-state index contributed by atoms with van der Waals surface area (Å²) >= 11 is 0. The van der Waals surface area contributed by atoms with Gasteiger partial charge in [-0.2, -0.15) is 0 Å². The molecular formula is H14FeMgO11S. The van der Waals surface area contributed by atoms with E-state index in [4.69, 9.17) is 17.5 Å². The molecule has 0 bridgehead atoms. The molecule has 0 saturated heterocycles. The number of rotatable bonds is 0. The molecule has 0 heterocycles. The summed E-state index contributed by atoms with van der Waals surface area (Å²) < 4.78 is 34.1. The van der Waals surface area contributed by atoms with Crippen LogP contribution in [0, 0.1) is 0 Å². The van der Waals surface area contributed by atoms with Crippen molar-refractivity contribution in [2.45, 2.75) is 0 Å². The zero-order valence-corrected chi connectivity index (χ0v) is 9.94. The minimum Gasteiger partial charge on any atom is -0.759 e. The maximum atomic E-state index is 8.52. The van der Waals surface area contributed by atoms with Gasteiger partial charge in [0.15, 0.2) is 0 Å². The van der Waals surface area contributed by atoms with Gasteiger partial charge in [0.25, 0.3) is 0 Å². The van der Waals surface area contributed by atoms with E-state index in [-0.39, 0.29) is 78.5 Å². The minimum atomic E-state index is -5.17. The van der Waals surface area contributed by atoms with E-state index in [0.29, 0.717) is 0 Å². The third-order valence-electron chi connectivity index (χ3n) is 0. The largest absolute Gasteiger partial charge is 2.00 e. The molecule has 0 unspecified atom stereocenters. The monoisotopic (exact) mass is 302 g/mol. The fourth-order valence-electron chi connectivity index (χ4n) is 0. The number of hydrogen-bond donors (Lipinski definition) is 0. The van der Waals surface area contributed by atoms with Gasteiger partial charge in [-0.05, 0) is 0 Å². The van der Waals surface area contributed by atoms with E-state index in [1.165, 1.54) is 0 Å². The first-order valence-corrected chi connectivity index (χ1v) is 2.00. The second kappa shape index (κ2) is 48.7. The van der Waals surface area contributed by atoms with Crippen LogP contribution in [-0.2, 0) is 27.5 Å². The zero-order valence-electron chi connectivity index (χ0n) is 6.60. The van der Waals surface area contributed by atoms with Crippen LogP contribution in [0.1, 0.15) is 0 Å². The van der Waals surface area contributed by atoms with Gasteiger partial charge >= 0.3 is 23.1 Å². The van der Waals surface area contributed by atoms with Crippen LogP contribution in [0.3, 0.4) is 0 Å². The van der Waals surface area contributed by atoms with Crippen molar-refractivity contribution in [3.05, 3.63) is 0 Å². The summed E-state index contributed by atoms with van der Waals surface area (Å²) in [5.74, 6) is 0. The van der Waals surface area contributed by atoms with Crippen LogP contribution >= 0.6 is 0 Å². The van der Waals surface area contributed by atoms with Crippen LogP contribution < -0.4 is 0 Å². The number of hydrogen-bond acceptors (Lipinski definition) is 4. The first kappa shape index (κ1) is 120. The molecule has 0 aliphatic carbocycles. The van der Waals surface area contributed by atoms with Gasteiger partial charge in [-0.1, -0.05) is 0 Å². The van der Waals surface area contributed by atoms with E-state index >= 15 is 0 Å². The van der Waals surface area contributed by atoms with Gasteiger partial charge in [0, 0.05) is 27.5 Å². The van der Waals surface area contributed by atoms with Crippen LogP contribution in [0.5, 0.6) is 0 Å². The molecule has 96 valence electrons. The summed E-state index contributed by atoms with van der Waals surface area (Å²) in [7, 11) is -5.17. The van der Waals surface area contributed by atoms with Gasteiger partial charge in [-0.3, -0.25) is 8.42 Å². The average molecular weight is 302 g/mol. The Balaban J connectivity index is -0.00000000222. The van der Waals surface area contributed by atoms with Crippen LogP contribution in [-0.4, -0.2) is 78.9 Å². The van der Waals surface area contributed by atoms with Gasteiger partial charge in [0.05, 0.1) is 0 Å². The standard InChI is InChI=1S/Fe.Mg.H2O4S.7H2O/c;;1-5(2,3)4;;;;;;;/h;;(H2,1,2,3,4);7*1H2/q;+2;;;;;;;;/p-2. The van der Waals surface area contributed by atoms with E-state index < -0.39 is 10.4 Å². The SMILES string of the molecule is O.O.O.O.O.O.O.O=S(=O)([O-])[O-].[Fe].[Mg+2]. The Labute approximate surface area is 106 Å². The maximum Gasteiger partial charge on any atom is 2.00 e. The van der Waals surface area contributed by atoms with Crippen molar-refractivity contribution in [2.24, 2.45) is 0 Å². The van der Waals surface area contributed by atoms with Crippen LogP contribution in [0.2, 0.25) is 0 Å². The van der Waals surface area contributed by atoms with Gasteiger partial charge in [-0.15, -0.1) is 0 Å². The van der Waals surface area contributed by atoms with Crippen molar-refractivity contribution >= 4 is 33.5 Å². The molecule has 0 rings (SSSR count). The molecule has 0 radical (unpaired) electrons. The van der Waals surface area contributed by atoms with Crippen molar-refractivity contribution in [1.82, 2.24) is 0 Å². The van der Waals surface area contributed by atoms with Gasteiger partial charge in [0.1, 0.15) is 0 Å². The molecule has 14 heavy (non-hydrogen) atoms. The fourth-order valence-corrected chi connectivity index (χ4v) is 0. The first-order chi connectivity index (χ1) is 2.00. The maximum absolute atomic E-state index is 8.52. The third-order valence-corrected chi connectivity index (χ3v) is 0. The molecule has 0 aromatic heterocycles. The van der Waals surface area contributed by atoms with Crippen LogP contribution in [0.15, 0.2) is 0 Å². The molecule has 0 aromatic carbocycles. The molecule has 14 heteroatoms.